The van der Waals surface area contributed by atoms with Gasteiger partial charge in [-0.1, -0.05) is 24.3 Å². The maximum Gasteiger partial charge on any atom is 0.262 e. The van der Waals surface area contributed by atoms with Crippen LogP contribution >= 0.6 is 0 Å². The molecule has 4 rings (SSSR count). The Balaban J connectivity index is 1.51. The van der Waals surface area contributed by atoms with E-state index in [1.165, 1.54) is 8.71 Å². The third-order valence-corrected chi connectivity index (χ3v) is 6.37. The normalized spacial score (nSPS) is 14.8. The summed E-state index contributed by atoms with van der Waals surface area (Å²) in [6.45, 7) is 0.424. The highest BCUT2D eigenvalue weighted by Gasteiger charge is 2.29. The molecule has 0 unspecified atom stereocenters. The molecule has 0 aliphatic carbocycles. The molecule has 140 valence electrons. The van der Waals surface area contributed by atoms with Gasteiger partial charge >= 0.3 is 0 Å². The highest BCUT2D eigenvalue weighted by molar-refractivity contribution is 7.89. The van der Waals surface area contributed by atoms with Gasteiger partial charge in [-0.25, -0.2) is 13.4 Å². The van der Waals surface area contributed by atoms with Crippen LogP contribution in [0.5, 0.6) is 5.75 Å². The van der Waals surface area contributed by atoms with Crippen LogP contribution in [0.25, 0.3) is 5.65 Å². The quantitative estimate of drug-likeness (QED) is 0.664. The molecule has 0 N–H and O–H groups in total. The van der Waals surface area contributed by atoms with Crippen LogP contribution in [-0.4, -0.2) is 41.0 Å². The fraction of sp³-hybridized carbons (Fsp3) is 0.263. The van der Waals surface area contributed by atoms with E-state index in [0.717, 1.165) is 0 Å². The van der Waals surface area contributed by atoms with Crippen molar-refractivity contribution in [2.24, 2.45) is 0 Å². The number of ether oxygens (including phenoxy) is 1. The average molecular weight is 385 g/mol. The number of pyridine rings is 1. The predicted molar refractivity (Wildman–Crippen MR) is 101 cm³/mol. The van der Waals surface area contributed by atoms with Crippen molar-refractivity contribution < 1.29 is 13.2 Å². The highest BCUT2D eigenvalue weighted by atomic mass is 32.2. The third-order valence-electron chi connectivity index (χ3n) is 4.59. The first-order valence-corrected chi connectivity index (χ1v) is 10.3. The average Bonchev–Trinajstić information content (AvgIpc) is 2.69. The van der Waals surface area contributed by atoms with Crippen LogP contribution in [0.3, 0.4) is 0 Å². The minimum absolute atomic E-state index is 0.0483. The zero-order chi connectivity index (χ0) is 18.9. The number of nitrogens with zero attached hydrogens (tertiary/aromatic N) is 3. The zero-order valence-corrected chi connectivity index (χ0v) is 15.4. The third kappa shape index (κ3) is 3.58. The summed E-state index contributed by atoms with van der Waals surface area (Å²) < 4.78 is 33.7. The standard InChI is InChI=1S/C19H19N3O4S/c23-19-16-14-21(11-9-17(16)20-18-8-4-5-10-22(18)19)27(24,25)13-12-26-15-6-2-1-3-7-15/h1-8,10H,9,11-14H2. The van der Waals surface area contributed by atoms with Gasteiger partial charge in [0.2, 0.25) is 10.0 Å². The van der Waals surface area contributed by atoms with Gasteiger partial charge in [0.15, 0.2) is 0 Å². The van der Waals surface area contributed by atoms with Gasteiger partial charge in [0.25, 0.3) is 5.56 Å². The molecule has 0 saturated heterocycles. The first-order valence-electron chi connectivity index (χ1n) is 8.69. The Morgan fingerprint density at radius 1 is 1.07 bits per heavy atom. The van der Waals surface area contributed by atoms with Gasteiger partial charge in [0, 0.05) is 25.7 Å². The number of hydrogen-bond donors (Lipinski definition) is 0. The van der Waals surface area contributed by atoms with Crippen LogP contribution in [-0.2, 0) is 23.0 Å². The number of fused-ring (bicyclic) bond motifs is 2. The second-order valence-electron chi connectivity index (χ2n) is 6.33. The van der Waals surface area contributed by atoms with Crippen molar-refractivity contribution >= 4 is 15.7 Å². The van der Waals surface area contributed by atoms with E-state index in [9.17, 15) is 13.2 Å². The number of aromatic nitrogens is 2. The molecule has 1 aliphatic rings. The Labute approximate surface area is 156 Å². The molecule has 7 nitrogen and oxygen atoms in total. The lowest BCUT2D eigenvalue weighted by atomic mass is 10.1. The molecular formula is C19H19N3O4S. The number of hydrogen-bond acceptors (Lipinski definition) is 5. The lowest BCUT2D eigenvalue weighted by Gasteiger charge is -2.27. The van der Waals surface area contributed by atoms with Gasteiger partial charge in [-0.15, -0.1) is 0 Å². The molecule has 1 aliphatic heterocycles. The molecule has 8 heteroatoms. The van der Waals surface area contributed by atoms with Crippen molar-refractivity contribution in [1.29, 1.82) is 0 Å². The molecule has 0 radical (unpaired) electrons. The number of rotatable bonds is 5. The fourth-order valence-electron chi connectivity index (χ4n) is 3.17. The molecule has 0 bridgehead atoms. The molecule has 0 atom stereocenters. The van der Waals surface area contributed by atoms with Gasteiger partial charge in [-0.2, -0.15) is 4.31 Å². The maximum atomic E-state index is 12.7. The Hall–Kier alpha value is -2.71. The van der Waals surface area contributed by atoms with E-state index in [2.05, 4.69) is 4.98 Å². The van der Waals surface area contributed by atoms with E-state index >= 15 is 0 Å². The molecule has 27 heavy (non-hydrogen) atoms. The Kier molecular flexibility index (Phi) is 4.67. The summed E-state index contributed by atoms with van der Waals surface area (Å²) in [4.78, 5) is 17.2. The molecule has 0 spiro atoms. The van der Waals surface area contributed by atoms with E-state index in [1.54, 1.807) is 30.5 Å². The zero-order valence-electron chi connectivity index (χ0n) is 14.6. The van der Waals surface area contributed by atoms with E-state index in [1.807, 2.05) is 24.3 Å². The second kappa shape index (κ2) is 7.13. The van der Waals surface area contributed by atoms with Crippen molar-refractivity contribution in [3.8, 4) is 5.75 Å². The smallest absolute Gasteiger partial charge is 0.262 e. The molecule has 2 aromatic heterocycles. The summed E-state index contributed by atoms with van der Waals surface area (Å²) in [6.07, 6.45) is 2.07. The highest BCUT2D eigenvalue weighted by Crippen LogP contribution is 2.18. The first-order chi connectivity index (χ1) is 13.0. The predicted octanol–water partition coefficient (Wildman–Crippen LogP) is 1.46. The van der Waals surface area contributed by atoms with Crippen molar-refractivity contribution in [3.05, 3.63) is 76.3 Å². The first kappa shape index (κ1) is 17.7. The minimum atomic E-state index is -3.53. The molecular weight excluding hydrogens is 366 g/mol. The van der Waals surface area contributed by atoms with Crippen molar-refractivity contribution in [2.75, 3.05) is 18.9 Å². The van der Waals surface area contributed by atoms with Gasteiger partial charge in [-0.05, 0) is 24.3 Å². The summed E-state index contributed by atoms with van der Waals surface area (Å²) in [6, 6.07) is 14.4. The topological polar surface area (TPSA) is 81.0 Å². The molecule has 0 amide bonds. The van der Waals surface area contributed by atoms with E-state index in [4.69, 9.17) is 4.74 Å². The van der Waals surface area contributed by atoms with Crippen molar-refractivity contribution in [3.63, 3.8) is 0 Å². The number of benzene rings is 1. The fourth-order valence-corrected chi connectivity index (χ4v) is 4.42. The van der Waals surface area contributed by atoms with Crippen molar-refractivity contribution in [1.82, 2.24) is 13.7 Å². The molecule has 1 aromatic carbocycles. The molecule has 3 aromatic rings. The Morgan fingerprint density at radius 3 is 2.67 bits per heavy atom. The van der Waals surface area contributed by atoms with Crippen LogP contribution in [0.2, 0.25) is 0 Å². The van der Waals surface area contributed by atoms with Gasteiger partial charge in [0.05, 0.1) is 17.0 Å². The van der Waals surface area contributed by atoms with E-state index < -0.39 is 10.0 Å². The van der Waals surface area contributed by atoms with Gasteiger partial charge in [-0.3, -0.25) is 9.20 Å². The van der Waals surface area contributed by atoms with E-state index in [-0.39, 0.29) is 24.5 Å². The van der Waals surface area contributed by atoms with Crippen LogP contribution in [0.1, 0.15) is 11.3 Å². The second-order valence-corrected chi connectivity index (χ2v) is 8.42. The SMILES string of the molecule is O=c1c2c(nc3ccccn13)CCN(S(=O)(=O)CCOc1ccccc1)C2. The summed E-state index contributed by atoms with van der Waals surface area (Å²) in [5, 5.41) is 0. The summed E-state index contributed by atoms with van der Waals surface area (Å²) in [5.74, 6) is 0.491. The van der Waals surface area contributed by atoms with Gasteiger partial charge in [0.1, 0.15) is 18.0 Å². The summed E-state index contributed by atoms with van der Waals surface area (Å²) in [7, 11) is -3.53. The summed E-state index contributed by atoms with van der Waals surface area (Å²) >= 11 is 0. The van der Waals surface area contributed by atoms with Gasteiger partial charge < -0.3 is 4.74 Å². The lowest BCUT2D eigenvalue weighted by molar-refractivity contribution is 0.330. The van der Waals surface area contributed by atoms with Crippen LogP contribution < -0.4 is 10.3 Å². The maximum absolute atomic E-state index is 12.7. The summed E-state index contributed by atoms with van der Waals surface area (Å²) in [5.41, 5.74) is 1.49. The monoisotopic (exact) mass is 385 g/mol. The molecule has 0 saturated carbocycles. The largest absolute Gasteiger partial charge is 0.492 e. The molecule has 3 heterocycles. The van der Waals surface area contributed by atoms with Crippen LogP contribution in [0.15, 0.2) is 59.5 Å². The lowest BCUT2D eigenvalue weighted by Crippen LogP contribution is -2.41. The Morgan fingerprint density at radius 2 is 1.85 bits per heavy atom. The Bertz CT molecular complexity index is 1130. The number of para-hydroxylation sites is 1. The van der Waals surface area contributed by atoms with E-state index in [0.29, 0.717) is 35.6 Å². The van der Waals surface area contributed by atoms with Crippen molar-refractivity contribution in [2.45, 2.75) is 13.0 Å². The van der Waals surface area contributed by atoms with Crippen LogP contribution in [0, 0.1) is 0 Å². The van der Waals surface area contributed by atoms with Crippen LogP contribution in [0.4, 0.5) is 0 Å². The molecule has 0 fully saturated rings. The number of sulfonamides is 1. The minimum Gasteiger partial charge on any atom is -0.492 e.